The molecule has 76 valence electrons. The number of hydrogen-bond donors (Lipinski definition) is 1. The molecular weight excluding hydrogens is 236 g/mol. The third-order valence-corrected chi connectivity index (χ3v) is 2.30. The van der Waals surface area contributed by atoms with Crippen LogP contribution in [0.25, 0.3) is 0 Å². The first-order valence-electron chi connectivity index (χ1n) is 3.95. The normalized spacial score (nSPS) is 9.93. The van der Waals surface area contributed by atoms with Crippen molar-refractivity contribution >= 4 is 34.9 Å². The van der Waals surface area contributed by atoms with Crippen LogP contribution >= 0.6 is 23.1 Å². The molecule has 0 spiro atoms. The summed E-state index contributed by atoms with van der Waals surface area (Å²) in [4.78, 5) is 15.4. The minimum absolute atomic E-state index is 0.266. The standard InChI is InChI=1S/C8H5ClN4OS/c9-5-1-2-10-7(3-5)11-8(14)6-4-15-13-12-6/h1-4H,(H,10,11,14). The van der Waals surface area contributed by atoms with Gasteiger partial charge in [0.15, 0.2) is 5.69 Å². The van der Waals surface area contributed by atoms with E-state index in [1.807, 2.05) is 0 Å². The molecule has 0 radical (unpaired) electrons. The van der Waals surface area contributed by atoms with Gasteiger partial charge in [0, 0.05) is 16.6 Å². The molecule has 2 heterocycles. The van der Waals surface area contributed by atoms with Gasteiger partial charge in [-0.25, -0.2) is 4.98 Å². The van der Waals surface area contributed by atoms with Crippen LogP contribution in [0.1, 0.15) is 10.5 Å². The van der Waals surface area contributed by atoms with E-state index in [9.17, 15) is 4.79 Å². The van der Waals surface area contributed by atoms with E-state index >= 15 is 0 Å². The van der Waals surface area contributed by atoms with E-state index in [-0.39, 0.29) is 11.6 Å². The molecule has 0 saturated carbocycles. The second-order valence-electron chi connectivity index (χ2n) is 2.60. The van der Waals surface area contributed by atoms with Crippen LogP contribution in [-0.4, -0.2) is 20.5 Å². The largest absolute Gasteiger partial charge is 0.305 e. The summed E-state index contributed by atoms with van der Waals surface area (Å²) in [5, 5.41) is 8.25. The van der Waals surface area contributed by atoms with Gasteiger partial charge in [-0.15, -0.1) is 5.10 Å². The lowest BCUT2D eigenvalue weighted by atomic mass is 10.4. The molecule has 0 aliphatic carbocycles. The van der Waals surface area contributed by atoms with Crippen molar-refractivity contribution in [3.8, 4) is 0 Å². The van der Waals surface area contributed by atoms with Crippen LogP contribution in [0.4, 0.5) is 5.82 Å². The summed E-state index contributed by atoms with van der Waals surface area (Å²) in [5.41, 5.74) is 0.266. The number of nitrogens with zero attached hydrogens (tertiary/aromatic N) is 3. The predicted molar refractivity (Wildman–Crippen MR) is 57.1 cm³/mol. The van der Waals surface area contributed by atoms with Gasteiger partial charge < -0.3 is 5.32 Å². The first kappa shape index (κ1) is 10.0. The van der Waals surface area contributed by atoms with Gasteiger partial charge in [0.1, 0.15) is 5.82 Å². The molecule has 0 fully saturated rings. The van der Waals surface area contributed by atoms with Crippen molar-refractivity contribution < 1.29 is 4.79 Å². The number of halogens is 1. The number of carbonyl (C=O) groups is 1. The lowest BCUT2D eigenvalue weighted by Gasteiger charge is -2.01. The zero-order valence-corrected chi connectivity index (χ0v) is 8.92. The summed E-state index contributed by atoms with van der Waals surface area (Å²) in [6.07, 6.45) is 1.51. The zero-order valence-electron chi connectivity index (χ0n) is 7.35. The highest BCUT2D eigenvalue weighted by Gasteiger charge is 2.09. The first-order chi connectivity index (χ1) is 7.25. The smallest absolute Gasteiger partial charge is 0.278 e. The van der Waals surface area contributed by atoms with Crippen LogP contribution < -0.4 is 5.32 Å². The molecule has 5 nitrogen and oxygen atoms in total. The average Bonchev–Trinajstić information content (AvgIpc) is 2.70. The van der Waals surface area contributed by atoms with Crippen molar-refractivity contribution in [2.75, 3.05) is 5.32 Å². The molecule has 1 amide bonds. The van der Waals surface area contributed by atoms with Crippen LogP contribution in [0.2, 0.25) is 5.02 Å². The molecule has 0 saturated heterocycles. The van der Waals surface area contributed by atoms with Crippen molar-refractivity contribution in [3.63, 3.8) is 0 Å². The van der Waals surface area contributed by atoms with Gasteiger partial charge in [-0.1, -0.05) is 16.1 Å². The summed E-state index contributed by atoms with van der Waals surface area (Å²) in [7, 11) is 0. The number of nitrogens with one attached hydrogen (secondary N) is 1. The summed E-state index contributed by atoms with van der Waals surface area (Å²) in [5.74, 6) is 0.0408. The summed E-state index contributed by atoms with van der Waals surface area (Å²) in [6, 6.07) is 3.18. The molecule has 0 atom stereocenters. The predicted octanol–water partition coefficient (Wildman–Crippen LogP) is 1.84. The number of anilines is 1. The van der Waals surface area contributed by atoms with Crippen molar-refractivity contribution in [2.45, 2.75) is 0 Å². The third kappa shape index (κ3) is 2.48. The van der Waals surface area contributed by atoms with Crippen LogP contribution in [0.5, 0.6) is 0 Å². The number of carbonyl (C=O) groups excluding carboxylic acids is 1. The van der Waals surface area contributed by atoms with Crippen molar-refractivity contribution in [1.29, 1.82) is 0 Å². The molecule has 1 N–H and O–H groups in total. The molecule has 7 heteroatoms. The van der Waals surface area contributed by atoms with Crippen LogP contribution in [0.15, 0.2) is 23.7 Å². The fourth-order valence-corrected chi connectivity index (χ4v) is 1.51. The second-order valence-corrected chi connectivity index (χ2v) is 3.65. The quantitative estimate of drug-likeness (QED) is 0.870. The molecule has 0 aliphatic rings. The topological polar surface area (TPSA) is 67.8 Å². The summed E-state index contributed by atoms with van der Waals surface area (Å²) >= 11 is 6.85. The fourth-order valence-electron chi connectivity index (χ4n) is 0.917. The Labute approximate surface area is 94.3 Å². The Hall–Kier alpha value is -1.53. The average molecular weight is 241 g/mol. The molecule has 0 aliphatic heterocycles. The van der Waals surface area contributed by atoms with Gasteiger partial charge in [0.25, 0.3) is 5.91 Å². The zero-order chi connectivity index (χ0) is 10.7. The maximum absolute atomic E-state index is 11.5. The molecular formula is C8H5ClN4OS. The van der Waals surface area contributed by atoms with Gasteiger partial charge in [-0.3, -0.25) is 4.79 Å². The number of hydrogen-bond acceptors (Lipinski definition) is 5. The number of amides is 1. The Morgan fingerprint density at radius 3 is 3.07 bits per heavy atom. The molecule has 0 bridgehead atoms. The minimum Gasteiger partial charge on any atom is -0.305 e. The lowest BCUT2D eigenvalue weighted by Crippen LogP contribution is -2.13. The Bertz CT molecular complexity index is 473. The maximum atomic E-state index is 11.5. The number of aromatic nitrogens is 3. The third-order valence-electron chi connectivity index (χ3n) is 1.56. The van der Waals surface area contributed by atoms with Gasteiger partial charge in [0.2, 0.25) is 0 Å². The van der Waals surface area contributed by atoms with Gasteiger partial charge in [-0.05, 0) is 23.7 Å². The molecule has 15 heavy (non-hydrogen) atoms. The molecule has 2 aromatic heterocycles. The molecule has 2 rings (SSSR count). The lowest BCUT2D eigenvalue weighted by molar-refractivity contribution is 0.102. The van der Waals surface area contributed by atoms with E-state index in [1.54, 1.807) is 17.5 Å². The highest BCUT2D eigenvalue weighted by molar-refractivity contribution is 7.03. The number of rotatable bonds is 2. The van der Waals surface area contributed by atoms with Gasteiger partial charge in [-0.2, -0.15) is 0 Å². The summed E-state index contributed by atoms with van der Waals surface area (Å²) < 4.78 is 3.59. The molecule has 2 aromatic rings. The van der Waals surface area contributed by atoms with Crippen LogP contribution in [-0.2, 0) is 0 Å². The van der Waals surface area contributed by atoms with Crippen LogP contribution in [0.3, 0.4) is 0 Å². The van der Waals surface area contributed by atoms with E-state index in [4.69, 9.17) is 11.6 Å². The van der Waals surface area contributed by atoms with E-state index in [0.717, 1.165) is 11.5 Å². The Balaban J connectivity index is 2.13. The van der Waals surface area contributed by atoms with Crippen molar-refractivity contribution in [1.82, 2.24) is 14.6 Å². The molecule has 0 aromatic carbocycles. The highest BCUT2D eigenvalue weighted by Crippen LogP contribution is 2.12. The van der Waals surface area contributed by atoms with E-state index < -0.39 is 0 Å². The second kappa shape index (κ2) is 4.33. The fraction of sp³-hybridized carbons (Fsp3) is 0. The summed E-state index contributed by atoms with van der Waals surface area (Å²) in [6.45, 7) is 0. The maximum Gasteiger partial charge on any atom is 0.278 e. The van der Waals surface area contributed by atoms with E-state index in [2.05, 4.69) is 19.9 Å². The van der Waals surface area contributed by atoms with Crippen LogP contribution in [0, 0.1) is 0 Å². The van der Waals surface area contributed by atoms with Gasteiger partial charge >= 0.3 is 0 Å². The Morgan fingerprint density at radius 1 is 1.53 bits per heavy atom. The van der Waals surface area contributed by atoms with E-state index in [1.165, 1.54) is 6.20 Å². The number of pyridine rings is 1. The van der Waals surface area contributed by atoms with Crippen molar-refractivity contribution in [2.24, 2.45) is 0 Å². The minimum atomic E-state index is -0.349. The SMILES string of the molecule is O=C(Nc1cc(Cl)ccn1)c1csnn1. The Morgan fingerprint density at radius 2 is 2.40 bits per heavy atom. The van der Waals surface area contributed by atoms with Gasteiger partial charge in [0.05, 0.1) is 0 Å². The first-order valence-corrected chi connectivity index (χ1v) is 5.17. The monoisotopic (exact) mass is 240 g/mol. The Kier molecular flexibility index (Phi) is 2.89. The molecule has 0 unspecified atom stereocenters. The van der Waals surface area contributed by atoms with E-state index in [0.29, 0.717) is 10.8 Å². The highest BCUT2D eigenvalue weighted by atomic mass is 35.5. The van der Waals surface area contributed by atoms with Crippen molar-refractivity contribution in [3.05, 3.63) is 34.4 Å².